The normalized spacial score (nSPS) is 17.3. The fraction of sp³-hybridized carbons (Fsp3) is 0.290. The summed E-state index contributed by atoms with van der Waals surface area (Å²) in [5.74, 6) is -1.23. The monoisotopic (exact) mass is 553 g/mol. The van der Waals surface area contributed by atoms with Gasteiger partial charge in [-0.3, -0.25) is 9.59 Å². The largest absolute Gasteiger partial charge is 0.507 e. The maximum absolute atomic E-state index is 13.4. The highest BCUT2D eigenvalue weighted by Gasteiger charge is 2.46. The van der Waals surface area contributed by atoms with E-state index in [1.807, 2.05) is 20.8 Å². The third kappa shape index (κ3) is 5.54. The molecule has 9 heteroatoms. The van der Waals surface area contributed by atoms with E-state index in [1.165, 1.54) is 31.3 Å². The standard InChI is InChI=1S/C31H30F3NO5/c1-30(2,3)23-16-20(12-13-24(23)40-5)27(36)25-26(19-9-7-11-22(15-19)39-4)35(29(38)28(25)37)17-18-8-6-10-21(14-18)31(32,33)34/h6-16,26,36H,17H2,1-5H3/b27-25-. The zero-order chi connectivity index (χ0) is 29.4. The molecule has 0 saturated carbocycles. The molecule has 1 unspecified atom stereocenters. The highest BCUT2D eigenvalue weighted by Crippen LogP contribution is 2.42. The summed E-state index contributed by atoms with van der Waals surface area (Å²) in [5, 5.41) is 11.5. The van der Waals surface area contributed by atoms with Crippen LogP contribution in [0.2, 0.25) is 0 Å². The van der Waals surface area contributed by atoms with E-state index in [9.17, 15) is 27.9 Å². The summed E-state index contributed by atoms with van der Waals surface area (Å²) in [6.45, 7) is 5.62. The number of halogens is 3. The fourth-order valence-corrected chi connectivity index (χ4v) is 4.84. The summed E-state index contributed by atoms with van der Waals surface area (Å²) in [6, 6.07) is 15.1. The van der Waals surface area contributed by atoms with Crippen LogP contribution in [0.1, 0.15) is 54.6 Å². The number of likely N-dealkylation sites (tertiary alicyclic amines) is 1. The average molecular weight is 554 g/mol. The van der Waals surface area contributed by atoms with E-state index in [4.69, 9.17) is 9.47 Å². The first kappa shape index (κ1) is 28.7. The summed E-state index contributed by atoms with van der Waals surface area (Å²) in [6.07, 6.45) is -4.57. The van der Waals surface area contributed by atoms with Gasteiger partial charge in [-0.05, 0) is 59.0 Å². The predicted octanol–water partition coefficient (Wildman–Crippen LogP) is 6.64. The van der Waals surface area contributed by atoms with E-state index >= 15 is 0 Å². The van der Waals surface area contributed by atoms with Gasteiger partial charge < -0.3 is 19.5 Å². The van der Waals surface area contributed by atoms with Crippen LogP contribution in [0.4, 0.5) is 13.2 Å². The number of Topliss-reactive ketones (excluding diaryl/α,β-unsaturated/α-hetero) is 1. The molecule has 1 aliphatic heterocycles. The summed E-state index contributed by atoms with van der Waals surface area (Å²) in [4.78, 5) is 28.0. The van der Waals surface area contributed by atoms with Crippen molar-refractivity contribution in [2.24, 2.45) is 0 Å². The highest BCUT2D eigenvalue weighted by atomic mass is 19.4. The van der Waals surface area contributed by atoms with Crippen LogP contribution >= 0.6 is 0 Å². The summed E-state index contributed by atoms with van der Waals surface area (Å²) in [5.41, 5.74) is 0.304. The Kier molecular flexibility index (Phi) is 7.70. The summed E-state index contributed by atoms with van der Waals surface area (Å²) in [7, 11) is 3.00. The second-order valence-electron chi connectivity index (χ2n) is 10.6. The van der Waals surface area contributed by atoms with Crippen molar-refractivity contribution < 1.29 is 37.3 Å². The number of benzene rings is 3. The van der Waals surface area contributed by atoms with Crippen LogP contribution in [0.3, 0.4) is 0 Å². The average Bonchev–Trinajstić information content (AvgIpc) is 3.16. The van der Waals surface area contributed by atoms with E-state index in [0.29, 0.717) is 22.6 Å². The molecule has 3 aromatic carbocycles. The number of alkyl halides is 3. The first-order valence-corrected chi connectivity index (χ1v) is 12.5. The maximum atomic E-state index is 13.4. The molecule has 0 radical (unpaired) electrons. The number of methoxy groups -OCH3 is 2. The Bertz CT molecular complexity index is 1490. The lowest BCUT2D eigenvalue weighted by Gasteiger charge is -2.26. The molecule has 210 valence electrons. The number of ether oxygens (including phenoxy) is 2. The Balaban J connectivity index is 1.90. The van der Waals surface area contributed by atoms with Crippen molar-refractivity contribution in [2.75, 3.05) is 14.2 Å². The first-order valence-electron chi connectivity index (χ1n) is 12.5. The minimum Gasteiger partial charge on any atom is -0.507 e. The lowest BCUT2D eigenvalue weighted by Crippen LogP contribution is -2.29. The van der Waals surface area contributed by atoms with Gasteiger partial charge in [0.25, 0.3) is 11.7 Å². The molecule has 1 atom stereocenters. The van der Waals surface area contributed by atoms with Crippen molar-refractivity contribution in [3.8, 4) is 11.5 Å². The maximum Gasteiger partial charge on any atom is 0.416 e. The Morgan fingerprint density at radius 1 is 0.925 bits per heavy atom. The molecule has 1 aliphatic rings. The van der Waals surface area contributed by atoms with Gasteiger partial charge in [0.15, 0.2) is 0 Å². The van der Waals surface area contributed by atoms with Crippen LogP contribution in [-0.2, 0) is 27.7 Å². The van der Waals surface area contributed by atoms with Gasteiger partial charge in [-0.15, -0.1) is 0 Å². The van der Waals surface area contributed by atoms with Gasteiger partial charge in [0.2, 0.25) is 0 Å². The fourth-order valence-electron chi connectivity index (χ4n) is 4.84. The summed E-state index contributed by atoms with van der Waals surface area (Å²) < 4.78 is 50.9. The van der Waals surface area contributed by atoms with Crippen LogP contribution in [0, 0.1) is 0 Å². The van der Waals surface area contributed by atoms with Crippen molar-refractivity contribution in [1.29, 1.82) is 0 Å². The number of aliphatic hydroxyl groups excluding tert-OH is 1. The number of aliphatic hydroxyl groups is 1. The van der Waals surface area contributed by atoms with Gasteiger partial charge in [-0.25, -0.2) is 0 Å². The first-order chi connectivity index (χ1) is 18.8. The SMILES string of the molecule is COc1cccc(C2/C(=C(/O)c3ccc(OC)c(C(C)(C)C)c3)C(=O)C(=O)N2Cc2cccc(C(F)(F)F)c2)c1. The number of hydrogen-bond donors (Lipinski definition) is 1. The Morgan fingerprint density at radius 2 is 1.62 bits per heavy atom. The lowest BCUT2D eigenvalue weighted by molar-refractivity contribution is -0.140. The summed E-state index contributed by atoms with van der Waals surface area (Å²) >= 11 is 0. The van der Waals surface area contributed by atoms with E-state index in [0.717, 1.165) is 17.7 Å². The van der Waals surface area contributed by atoms with Crippen molar-refractivity contribution in [3.63, 3.8) is 0 Å². The molecule has 3 aromatic rings. The third-order valence-electron chi connectivity index (χ3n) is 6.84. The number of amides is 1. The number of hydrogen-bond acceptors (Lipinski definition) is 5. The van der Waals surface area contributed by atoms with E-state index in [-0.39, 0.29) is 23.1 Å². The molecule has 4 rings (SSSR count). The second-order valence-corrected chi connectivity index (χ2v) is 10.6. The number of nitrogens with zero attached hydrogens (tertiary/aromatic N) is 1. The number of carbonyl (C=O) groups excluding carboxylic acids is 2. The predicted molar refractivity (Wildman–Crippen MR) is 144 cm³/mol. The number of rotatable bonds is 6. The van der Waals surface area contributed by atoms with Crippen LogP contribution in [0.5, 0.6) is 11.5 Å². The van der Waals surface area contributed by atoms with Crippen LogP contribution in [-0.4, -0.2) is 35.9 Å². The van der Waals surface area contributed by atoms with Gasteiger partial charge >= 0.3 is 6.18 Å². The molecule has 0 bridgehead atoms. The van der Waals surface area contributed by atoms with E-state index < -0.39 is 35.2 Å². The number of carbonyl (C=O) groups is 2. The van der Waals surface area contributed by atoms with Crippen molar-refractivity contribution in [1.82, 2.24) is 4.90 Å². The molecular formula is C31H30F3NO5. The second kappa shape index (κ2) is 10.7. The molecule has 1 fully saturated rings. The van der Waals surface area contributed by atoms with E-state index in [2.05, 4.69) is 0 Å². The lowest BCUT2D eigenvalue weighted by atomic mass is 9.84. The Hall–Kier alpha value is -4.27. The molecule has 40 heavy (non-hydrogen) atoms. The molecule has 6 nitrogen and oxygen atoms in total. The van der Waals surface area contributed by atoms with Crippen molar-refractivity contribution in [2.45, 2.75) is 44.9 Å². The quantitative estimate of drug-likeness (QED) is 0.210. The van der Waals surface area contributed by atoms with Gasteiger partial charge in [0, 0.05) is 17.7 Å². The minimum atomic E-state index is -4.57. The zero-order valence-corrected chi connectivity index (χ0v) is 22.8. The zero-order valence-electron chi connectivity index (χ0n) is 22.8. The molecule has 0 aliphatic carbocycles. The van der Waals surface area contributed by atoms with Crippen LogP contribution < -0.4 is 9.47 Å². The smallest absolute Gasteiger partial charge is 0.416 e. The van der Waals surface area contributed by atoms with Gasteiger partial charge in [0.05, 0.1) is 31.4 Å². The van der Waals surface area contributed by atoms with Gasteiger partial charge in [0.1, 0.15) is 17.3 Å². The molecule has 0 aromatic heterocycles. The van der Waals surface area contributed by atoms with Gasteiger partial charge in [-0.1, -0.05) is 45.0 Å². The van der Waals surface area contributed by atoms with E-state index in [1.54, 1.807) is 42.5 Å². The molecule has 1 heterocycles. The minimum absolute atomic E-state index is 0.171. The van der Waals surface area contributed by atoms with Crippen molar-refractivity contribution in [3.05, 3.63) is 100 Å². The molecular weight excluding hydrogens is 523 g/mol. The van der Waals surface area contributed by atoms with Crippen molar-refractivity contribution >= 4 is 17.4 Å². The molecule has 1 amide bonds. The molecule has 1 N–H and O–H groups in total. The van der Waals surface area contributed by atoms with Gasteiger partial charge in [-0.2, -0.15) is 13.2 Å². The third-order valence-corrected chi connectivity index (χ3v) is 6.84. The van der Waals surface area contributed by atoms with Crippen LogP contribution in [0.25, 0.3) is 5.76 Å². The molecule has 1 saturated heterocycles. The topological polar surface area (TPSA) is 76.1 Å². The highest BCUT2D eigenvalue weighted by molar-refractivity contribution is 6.46. The molecule has 0 spiro atoms. The Labute approximate surface area is 230 Å². The number of ketones is 1. The Morgan fingerprint density at radius 3 is 2.25 bits per heavy atom. The van der Waals surface area contributed by atoms with Crippen LogP contribution in [0.15, 0.2) is 72.3 Å².